The molecule has 0 spiro atoms. The molecule has 0 radical (unpaired) electrons. The fourth-order valence-electron chi connectivity index (χ4n) is 2.70. The van der Waals surface area contributed by atoms with Crippen LogP contribution in [0.15, 0.2) is 30.3 Å². The van der Waals surface area contributed by atoms with Gasteiger partial charge in [-0.1, -0.05) is 17.7 Å². The lowest BCUT2D eigenvalue weighted by Crippen LogP contribution is -2.13. The number of carbonyl (C=O) groups excluding carboxylic acids is 1. The van der Waals surface area contributed by atoms with Gasteiger partial charge in [-0.3, -0.25) is 4.79 Å². The summed E-state index contributed by atoms with van der Waals surface area (Å²) in [4.78, 5) is 12.3. The summed E-state index contributed by atoms with van der Waals surface area (Å²) in [5, 5.41) is 2.96. The van der Waals surface area contributed by atoms with E-state index in [2.05, 4.69) is 11.4 Å². The van der Waals surface area contributed by atoms with Crippen molar-refractivity contribution in [3.63, 3.8) is 0 Å². The van der Waals surface area contributed by atoms with Crippen molar-refractivity contribution in [1.29, 1.82) is 0 Å². The van der Waals surface area contributed by atoms with Crippen molar-refractivity contribution >= 4 is 11.6 Å². The summed E-state index contributed by atoms with van der Waals surface area (Å²) >= 11 is 0. The van der Waals surface area contributed by atoms with Crippen LogP contribution in [0.1, 0.15) is 23.1 Å². The zero-order valence-electron chi connectivity index (χ0n) is 15.4. The number of hydrogen-bond donors (Lipinski definition) is 1. The van der Waals surface area contributed by atoms with E-state index in [4.69, 9.17) is 14.2 Å². The van der Waals surface area contributed by atoms with Crippen LogP contribution in [0.25, 0.3) is 0 Å². The molecule has 1 amide bonds. The van der Waals surface area contributed by atoms with Gasteiger partial charge in [0, 0.05) is 12.1 Å². The molecule has 1 N–H and O–H groups in total. The first kappa shape index (κ1) is 18.6. The van der Waals surface area contributed by atoms with Crippen molar-refractivity contribution in [2.75, 3.05) is 26.6 Å². The molecule has 0 saturated heterocycles. The van der Waals surface area contributed by atoms with Gasteiger partial charge in [-0.25, -0.2) is 0 Å². The first-order chi connectivity index (χ1) is 12.0. The summed E-state index contributed by atoms with van der Waals surface area (Å²) in [5.41, 5.74) is 4.03. The number of methoxy groups -OCH3 is 3. The largest absolute Gasteiger partial charge is 0.493 e. The molecular formula is C20H25NO4. The second-order valence-electron chi connectivity index (χ2n) is 5.90. The molecule has 0 fully saturated rings. The molecule has 0 aliphatic heterocycles. The van der Waals surface area contributed by atoms with E-state index < -0.39 is 0 Å². The Morgan fingerprint density at radius 1 is 0.960 bits per heavy atom. The standard InChI is InChI=1S/C20H25NO4/c1-13-6-8-16(14(2)10-13)21-19(22)9-7-15-11-17(23-3)20(25-5)18(12-15)24-4/h6,8,10-12H,7,9H2,1-5H3,(H,21,22). The minimum atomic E-state index is -0.0271. The minimum Gasteiger partial charge on any atom is -0.493 e. The third kappa shape index (κ3) is 4.66. The predicted octanol–water partition coefficient (Wildman–Crippen LogP) is 3.90. The minimum absolute atomic E-state index is 0.0271. The third-order valence-electron chi connectivity index (χ3n) is 4.02. The monoisotopic (exact) mass is 343 g/mol. The molecule has 0 saturated carbocycles. The summed E-state index contributed by atoms with van der Waals surface area (Å²) in [6.45, 7) is 4.02. The third-order valence-corrected chi connectivity index (χ3v) is 4.02. The number of aryl methyl sites for hydroxylation is 3. The van der Waals surface area contributed by atoms with Gasteiger partial charge in [0.1, 0.15) is 0 Å². The second-order valence-corrected chi connectivity index (χ2v) is 5.90. The number of benzene rings is 2. The van der Waals surface area contributed by atoms with Gasteiger partial charge in [-0.2, -0.15) is 0 Å². The molecule has 0 bridgehead atoms. The van der Waals surface area contributed by atoms with E-state index >= 15 is 0 Å². The highest BCUT2D eigenvalue weighted by Gasteiger charge is 2.14. The number of carbonyl (C=O) groups is 1. The van der Waals surface area contributed by atoms with E-state index in [0.29, 0.717) is 30.1 Å². The highest BCUT2D eigenvalue weighted by atomic mass is 16.5. The van der Waals surface area contributed by atoms with Gasteiger partial charge in [0.15, 0.2) is 11.5 Å². The molecule has 0 unspecified atom stereocenters. The number of anilines is 1. The Kier molecular flexibility index (Phi) is 6.28. The zero-order chi connectivity index (χ0) is 18.4. The molecule has 0 aromatic heterocycles. The average molecular weight is 343 g/mol. The summed E-state index contributed by atoms with van der Waals surface area (Å²) in [7, 11) is 4.72. The summed E-state index contributed by atoms with van der Waals surface area (Å²) in [6.07, 6.45) is 0.944. The molecule has 2 aromatic carbocycles. The van der Waals surface area contributed by atoms with Crippen LogP contribution in [0.4, 0.5) is 5.69 Å². The van der Waals surface area contributed by atoms with E-state index in [1.54, 1.807) is 21.3 Å². The quantitative estimate of drug-likeness (QED) is 0.828. The lowest BCUT2D eigenvalue weighted by atomic mass is 10.1. The predicted molar refractivity (Wildman–Crippen MR) is 99.0 cm³/mol. The van der Waals surface area contributed by atoms with Crippen LogP contribution in [-0.2, 0) is 11.2 Å². The molecule has 0 aliphatic carbocycles. The number of hydrogen-bond acceptors (Lipinski definition) is 4. The van der Waals surface area contributed by atoms with Gasteiger partial charge >= 0.3 is 0 Å². The van der Waals surface area contributed by atoms with Crippen LogP contribution in [0, 0.1) is 13.8 Å². The Balaban J connectivity index is 2.06. The van der Waals surface area contributed by atoms with Crippen LogP contribution in [0.2, 0.25) is 0 Å². The zero-order valence-corrected chi connectivity index (χ0v) is 15.4. The van der Waals surface area contributed by atoms with Crippen molar-refractivity contribution in [3.8, 4) is 17.2 Å². The van der Waals surface area contributed by atoms with Crippen molar-refractivity contribution in [1.82, 2.24) is 0 Å². The lowest BCUT2D eigenvalue weighted by Gasteiger charge is -2.14. The molecule has 134 valence electrons. The molecule has 5 nitrogen and oxygen atoms in total. The lowest BCUT2D eigenvalue weighted by molar-refractivity contribution is -0.116. The van der Waals surface area contributed by atoms with Gasteiger partial charge in [-0.05, 0) is 49.6 Å². The summed E-state index contributed by atoms with van der Waals surface area (Å²) in [5.74, 6) is 1.70. The van der Waals surface area contributed by atoms with E-state index in [0.717, 1.165) is 16.8 Å². The summed E-state index contributed by atoms with van der Waals surface area (Å²) < 4.78 is 16.0. The topological polar surface area (TPSA) is 56.8 Å². The van der Waals surface area contributed by atoms with E-state index in [9.17, 15) is 4.79 Å². The van der Waals surface area contributed by atoms with Crippen LogP contribution in [-0.4, -0.2) is 27.2 Å². The molecule has 2 aromatic rings. The first-order valence-electron chi connectivity index (χ1n) is 8.14. The Labute approximate surface area is 148 Å². The number of rotatable bonds is 7. The molecule has 25 heavy (non-hydrogen) atoms. The molecule has 0 aliphatic rings. The number of ether oxygens (including phenoxy) is 3. The maximum absolute atomic E-state index is 12.3. The molecular weight excluding hydrogens is 318 g/mol. The fourth-order valence-corrected chi connectivity index (χ4v) is 2.70. The van der Waals surface area contributed by atoms with Crippen LogP contribution in [0.3, 0.4) is 0 Å². The fraction of sp³-hybridized carbons (Fsp3) is 0.350. The van der Waals surface area contributed by atoms with Crippen molar-refractivity contribution in [2.24, 2.45) is 0 Å². The molecule has 0 atom stereocenters. The number of amides is 1. The highest BCUT2D eigenvalue weighted by molar-refractivity contribution is 5.91. The van der Waals surface area contributed by atoms with Crippen LogP contribution < -0.4 is 19.5 Å². The second kappa shape index (κ2) is 8.42. The first-order valence-corrected chi connectivity index (χ1v) is 8.14. The molecule has 2 rings (SSSR count). The van der Waals surface area contributed by atoms with Gasteiger partial charge in [0.2, 0.25) is 11.7 Å². The Bertz CT molecular complexity index is 730. The Morgan fingerprint density at radius 2 is 1.60 bits per heavy atom. The Morgan fingerprint density at radius 3 is 2.12 bits per heavy atom. The molecule has 5 heteroatoms. The Hall–Kier alpha value is -2.69. The van der Waals surface area contributed by atoms with Crippen molar-refractivity contribution in [3.05, 3.63) is 47.0 Å². The number of nitrogens with one attached hydrogen (secondary N) is 1. The van der Waals surface area contributed by atoms with E-state index in [1.165, 1.54) is 5.56 Å². The van der Waals surface area contributed by atoms with Crippen LogP contribution >= 0.6 is 0 Å². The average Bonchev–Trinajstić information content (AvgIpc) is 2.61. The van der Waals surface area contributed by atoms with Gasteiger partial charge in [0.05, 0.1) is 21.3 Å². The van der Waals surface area contributed by atoms with Gasteiger partial charge in [-0.15, -0.1) is 0 Å². The van der Waals surface area contributed by atoms with Gasteiger partial charge in [0.25, 0.3) is 0 Å². The highest BCUT2D eigenvalue weighted by Crippen LogP contribution is 2.38. The van der Waals surface area contributed by atoms with E-state index in [1.807, 2.05) is 38.1 Å². The maximum Gasteiger partial charge on any atom is 0.224 e. The van der Waals surface area contributed by atoms with Gasteiger partial charge < -0.3 is 19.5 Å². The smallest absolute Gasteiger partial charge is 0.224 e. The van der Waals surface area contributed by atoms with Crippen LogP contribution in [0.5, 0.6) is 17.2 Å². The maximum atomic E-state index is 12.3. The summed E-state index contributed by atoms with van der Waals surface area (Å²) in [6, 6.07) is 9.70. The van der Waals surface area contributed by atoms with Crippen molar-refractivity contribution in [2.45, 2.75) is 26.7 Å². The van der Waals surface area contributed by atoms with Crippen molar-refractivity contribution < 1.29 is 19.0 Å². The normalized spacial score (nSPS) is 10.3. The SMILES string of the molecule is COc1cc(CCC(=O)Nc2ccc(C)cc2C)cc(OC)c1OC. The molecule has 0 heterocycles. The van der Waals surface area contributed by atoms with E-state index in [-0.39, 0.29) is 5.91 Å².